The highest BCUT2D eigenvalue weighted by Crippen LogP contribution is 2.34. The van der Waals surface area contributed by atoms with Crippen LogP contribution < -0.4 is 14.8 Å². The third kappa shape index (κ3) is 5.51. The second-order valence-electron chi connectivity index (χ2n) is 8.76. The largest absolute Gasteiger partial charge is 0.493 e. The standard InChI is InChI=1S/C26H30N4O4S/c1-16(2)13-20-25(32)30-24(28-20)18-7-5-6-8-19(18)29-26(30)35-15-23(31)27-12-11-17-9-10-21(33-3)22(14-17)34-4/h5-10,14,16,20H,11-13,15H2,1-4H3,(H,27,31)/t20-/m1/s1. The molecule has 2 aromatic rings. The van der Waals surface area contributed by atoms with Gasteiger partial charge in [0.05, 0.1) is 25.7 Å². The van der Waals surface area contributed by atoms with Crippen LogP contribution in [-0.4, -0.2) is 60.3 Å². The SMILES string of the molecule is COc1ccc(CCNC(=O)CSC2=Nc3ccccc3C3=N[C@H](CC(C)C)C(=O)N23)cc1OC. The van der Waals surface area contributed by atoms with Crippen LogP contribution in [0.2, 0.25) is 0 Å². The Morgan fingerprint density at radius 3 is 2.66 bits per heavy atom. The van der Waals surface area contributed by atoms with Crippen LogP contribution in [0.25, 0.3) is 0 Å². The molecule has 35 heavy (non-hydrogen) atoms. The zero-order valence-electron chi connectivity index (χ0n) is 20.4. The van der Waals surface area contributed by atoms with Gasteiger partial charge in [-0.2, -0.15) is 0 Å². The molecule has 184 valence electrons. The van der Waals surface area contributed by atoms with E-state index in [2.05, 4.69) is 24.2 Å². The summed E-state index contributed by atoms with van der Waals surface area (Å²) in [6, 6.07) is 12.9. The Bertz CT molecular complexity index is 1180. The van der Waals surface area contributed by atoms with Crippen LogP contribution in [-0.2, 0) is 16.0 Å². The first-order valence-electron chi connectivity index (χ1n) is 11.6. The summed E-state index contributed by atoms with van der Waals surface area (Å²) >= 11 is 1.25. The summed E-state index contributed by atoms with van der Waals surface area (Å²) in [7, 11) is 3.19. The van der Waals surface area contributed by atoms with E-state index in [9.17, 15) is 9.59 Å². The average molecular weight is 495 g/mol. The predicted molar refractivity (Wildman–Crippen MR) is 139 cm³/mol. The van der Waals surface area contributed by atoms with E-state index in [1.165, 1.54) is 11.8 Å². The van der Waals surface area contributed by atoms with Crippen molar-refractivity contribution in [3.63, 3.8) is 0 Å². The molecule has 2 heterocycles. The van der Waals surface area contributed by atoms with Gasteiger partial charge in [0, 0.05) is 12.1 Å². The van der Waals surface area contributed by atoms with Gasteiger partial charge in [-0.1, -0.05) is 43.8 Å². The summed E-state index contributed by atoms with van der Waals surface area (Å²) in [6.45, 7) is 4.64. The van der Waals surface area contributed by atoms with E-state index in [1.807, 2.05) is 42.5 Å². The monoisotopic (exact) mass is 494 g/mol. The van der Waals surface area contributed by atoms with Crippen molar-refractivity contribution in [3.05, 3.63) is 53.6 Å². The third-order valence-electron chi connectivity index (χ3n) is 5.76. The molecular weight excluding hydrogens is 464 g/mol. The number of hydrogen-bond acceptors (Lipinski definition) is 7. The van der Waals surface area contributed by atoms with Crippen LogP contribution >= 0.6 is 11.8 Å². The molecular formula is C26H30N4O4S. The fraction of sp³-hybridized carbons (Fsp3) is 0.385. The Balaban J connectivity index is 1.38. The molecule has 2 aliphatic rings. The predicted octanol–water partition coefficient (Wildman–Crippen LogP) is 3.80. The summed E-state index contributed by atoms with van der Waals surface area (Å²) in [4.78, 5) is 36.7. The maximum atomic E-state index is 13.2. The van der Waals surface area contributed by atoms with Crippen molar-refractivity contribution in [2.75, 3.05) is 26.5 Å². The van der Waals surface area contributed by atoms with Crippen molar-refractivity contribution >= 4 is 40.3 Å². The van der Waals surface area contributed by atoms with Crippen LogP contribution in [0.15, 0.2) is 52.4 Å². The van der Waals surface area contributed by atoms with Gasteiger partial charge < -0.3 is 14.8 Å². The number of carbonyl (C=O) groups is 2. The van der Waals surface area contributed by atoms with Gasteiger partial charge >= 0.3 is 0 Å². The number of nitrogens with one attached hydrogen (secondary N) is 1. The molecule has 2 aliphatic heterocycles. The fourth-order valence-electron chi connectivity index (χ4n) is 4.06. The number of aliphatic imine (C=N–C) groups is 2. The Morgan fingerprint density at radius 1 is 1.14 bits per heavy atom. The van der Waals surface area contributed by atoms with Crippen LogP contribution in [0.3, 0.4) is 0 Å². The van der Waals surface area contributed by atoms with Gasteiger partial charge in [0.2, 0.25) is 5.91 Å². The fourth-order valence-corrected chi connectivity index (χ4v) is 4.89. The van der Waals surface area contributed by atoms with Crippen LogP contribution in [0, 0.1) is 5.92 Å². The average Bonchev–Trinajstić information content (AvgIpc) is 3.18. The number of amidine groups is 2. The van der Waals surface area contributed by atoms with Gasteiger partial charge in [-0.3, -0.25) is 14.6 Å². The first kappa shape index (κ1) is 24.8. The second-order valence-corrected chi connectivity index (χ2v) is 9.70. The van der Waals surface area contributed by atoms with Crippen LogP contribution in [0.5, 0.6) is 11.5 Å². The third-order valence-corrected chi connectivity index (χ3v) is 6.70. The zero-order valence-corrected chi connectivity index (χ0v) is 21.2. The Kier molecular flexibility index (Phi) is 7.75. The first-order valence-corrected chi connectivity index (χ1v) is 12.6. The molecule has 0 fully saturated rings. The highest BCUT2D eigenvalue weighted by Gasteiger charge is 2.41. The smallest absolute Gasteiger partial charge is 0.259 e. The normalized spacial score (nSPS) is 16.4. The molecule has 1 atom stereocenters. The number of hydrogen-bond donors (Lipinski definition) is 1. The molecule has 0 spiro atoms. The van der Waals surface area contributed by atoms with E-state index in [0.29, 0.717) is 47.8 Å². The number of ether oxygens (including phenoxy) is 2. The lowest BCUT2D eigenvalue weighted by Crippen LogP contribution is -2.42. The molecule has 0 bridgehead atoms. The minimum absolute atomic E-state index is 0.0803. The van der Waals surface area contributed by atoms with Crippen molar-refractivity contribution in [2.24, 2.45) is 15.9 Å². The number of amides is 2. The van der Waals surface area contributed by atoms with Crippen LogP contribution in [0.1, 0.15) is 31.4 Å². The summed E-state index contributed by atoms with van der Waals surface area (Å²) in [5.74, 6) is 2.24. The minimum Gasteiger partial charge on any atom is -0.493 e. The van der Waals surface area contributed by atoms with Gasteiger partial charge in [-0.15, -0.1) is 0 Å². The summed E-state index contributed by atoms with van der Waals surface area (Å²) < 4.78 is 10.6. The molecule has 0 aromatic heterocycles. The first-order chi connectivity index (χ1) is 16.9. The molecule has 0 saturated heterocycles. The van der Waals surface area contributed by atoms with Crippen molar-refractivity contribution in [1.29, 1.82) is 0 Å². The van der Waals surface area contributed by atoms with Gasteiger partial charge in [0.1, 0.15) is 11.9 Å². The Labute approximate surface area is 209 Å². The van der Waals surface area contributed by atoms with E-state index in [0.717, 1.165) is 16.8 Å². The maximum absolute atomic E-state index is 13.2. The summed E-state index contributed by atoms with van der Waals surface area (Å²) in [6.07, 6.45) is 1.33. The van der Waals surface area contributed by atoms with E-state index in [1.54, 1.807) is 19.1 Å². The molecule has 8 nitrogen and oxygen atoms in total. The van der Waals surface area contributed by atoms with Crippen molar-refractivity contribution in [2.45, 2.75) is 32.7 Å². The molecule has 1 N–H and O–H groups in total. The molecule has 2 aromatic carbocycles. The topological polar surface area (TPSA) is 92.6 Å². The van der Waals surface area contributed by atoms with Gasteiger partial charge in [-0.05, 0) is 48.6 Å². The number of benzene rings is 2. The van der Waals surface area contributed by atoms with Crippen molar-refractivity contribution in [1.82, 2.24) is 10.2 Å². The number of carbonyl (C=O) groups excluding carboxylic acids is 2. The molecule has 0 aliphatic carbocycles. The maximum Gasteiger partial charge on any atom is 0.259 e. The second kappa shape index (κ2) is 10.9. The molecule has 2 amide bonds. The summed E-state index contributed by atoms with van der Waals surface area (Å²) in [5, 5.41) is 3.44. The van der Waals surface area contributed by atoms with Crippen LogP contribution in [0.4, 0.5) is 5.69 Å². The van der Waals surface area contributed by atoms with E-state index in [-0.39, 0.29) is 17.6 Å². The molecule has 9 heteroatoms. The quantitative estimate of drug-likeness (QED) is 0.572. The minimum atomic E-state index is -0.419. The number of rotatable bonds is 9. The highest BCUT2D eigenvalue weighted by atomic mass is 32.2. The van der Waals surface area contributed by atoms with Gasteiger partial charge in [-0.25, -0.2) is 9.89 Å². The summed E-state index contributed by atoms with van der Waals surface area (Å²) in [5.41, 5.74) is 2.64. The van der Waals surface area contributed by atoms with E-state index < -0.39 is 6.04 Å². The molecule has 0 radical (unpaired) electrons. The van der Waals surface area contributed by atoms with Gasteiger partial charge in [0.15, 0.2) is 16.7 Å². The van der Waals surface area contributed by atoms with E-state index in [4.69, 9.17) is 14.5 Å². The van der Waals surface area contributed by atoms with Crippen molar-refractivity contribution < 1.29 is 19.1 Å². The lowest BCUT2D eigenvalue weighted by atomic mass is 10.0. The Hall–Kier alpha value is -3.33. The number of methoxy groups -OCH3 is 2. The molecule has 0 unspecified atom stereocenters. The number of para-hydroxylation sites is 1. The molecule has 0 saturated carbocycles. The number of nitrogens with zero attached hydrogens (tertiary/aromatic N) is 3. The van der Waals surface area contributed by atoms with E-state index >= 15 is 0 Å². The zero-order chi connectivity index (χ0) is 24.9. The lowest BCUT2D eigenvalue weighted by molar-refractivity contribution is -0.125. The highest BCUT2D eigenvalue weighted by molar-refractivity contribution is 8.14. The lowest BCUT2D eigenvalue weighted by Gasteiger charge is -2.25. The van der Waals surface area contributed by atoms with Gasteiger partial charge in [0.25, 0.3) is 5.91 Å². The van der Waals surface area contributed by atoms with Crippen molar-refractivity contribution in [3.8, 4) is 11.5 Å². The number of thioether (sulfide) groups is 1. The number of fused-ring (bicyclic) bond motifs is 3. The molecule has 4 rings (SSSR count). The Morgan fingerprint density at radius 2 is 1.91 bits per heavy atom.